The van der Waals surface area contributed by atoms with Crippen molar-refractivity contribution in [3.63, 3.8) is 0 Å². The second-order valence-electron chi connectivity index (χ2n) is 9.65. The van der Waals surface area contributed by atoms with Gasteiger partial charge in [0.25, 0.3) is 11.8 Å². The van der Waals surface area contributed by atoms with Gasteiger partial charge >= 0.3 is 0 Å². The van der Waals surface area contributed by atoms with E-state index in [2.05, 4.69) is 16.0 Å². The van der Waals surface area contributed by atoms with Crippen molar-refractivity contribution >= 4 is 46.9 Å². The molecule has 0 aliphatic carbocycles. The molecule has 0 fully saturated rings. The summed E-state index contributed by atoms with van der Waals surface area (Å²) in [6.45, 7) is 6.25. The molecular weight excluding hydrogens is 558 g/mol. The summed E-state index contributed by atoms with van der Waals surface area (Å²) in [6, 6.07) is 31.0. The van der Waals surface area contributed by atoms with Crippen LogP contribution in [0.25, 0.3) is 6.08 Å². The first-order valence-corrected chi connectivity index (χ1v) is 15.0. The first-order valence-electron chi connectivity index (χ1n) is 14.1. The fraction of sp³-hybridized carbons (Fsp3) is 0.171. The molecule has 0 aliphatic rings. The van der Waals surface area contributed by atoms with E-state index >= 15 is 0 Å². The average molecular weight is 594 g/mol. The van der Waals surface area contributed by atoms with Crippen molar-refractivity contribution in [2.75, 3.05) is 17.2 Å². The third-order valence-electron chi connectivity index (χ3n) is 6.48. The minimum absolute atomic E-state index is 0.0584. The van der Waals surface area contributed by atoms with Crippen LogP contribution in [0.5, 0.6) is 5.75 Å². The summed E-state index contributed by atoms with van der Waals surface area (Å²) in [4.78, 5) is 40.5. The standard InChI is InChI=1S/C35H35N3O4S/c1-4-32(35(41)37-29-20-11-9-14-24(29)3)43-28-19-13-18-27(23-28)36-34(40)30(38-33(39)25-15-7-6-8-16-25)22-26-17-10-12-21-31(26)42-5-2/h6-23,32H,4-5H2,1-3H3,(H,36,40)(H,37,41)(H,38,39)/b30-22+. The highest BCUT2D eigenvalue weighted by atomic mass is 32.2. The van der Waals surface area contributed by atoms with Gasteiger partial charge in [-0.3, -0.25) is 14.4 Å². The molecule has 0 saturated carbocycles. The molecule has 3 N–H and O–H groups in total. The molecule has 0 saturated heterocycles. The summed E-state index contributed by atoms with van der Waals surface area (Å²) >= 11 is 1.43. The van der Waals surface area contributed by atoms with E-state index in [1.54, 1.807) is 36.4 Å². The van der Waals surface area contributed by atoms with Gasteiger partial charge in [0.15, 0.2) is 0 Å². The highest BCUT2D eigenvalue weighted by Gasteiger charge is 2.20. The first-order chi connectivity index (χ1) is 20.9. The quantitative estimate of drug-likeness (QED) is 0.118. The Labute approximate surface area is 256 Å². The number of thioether (sulfide) groups is 1. The average Bonchev–Trinajstić information content (AvgIpc) is 3.02. The maximum absolute atomic E-state index is 13.6. The highest BCUT2D eigenvalue weighted by Crippen LogP contribution is 2.29. The van der Waals surface area contributed by atoms with Gasteiger partial charge in [0, 0.05) is 27.4 Å². The summed E-state index contributed by atoms with van der Waals surface area (Å²) in [5.41, 5.74) is 3.44. The molecule has 3 amide bonds. The molecule has 0 bridgehead atoms. The lowest BCUT2D eigenvalue weighted by Crippen LogP contribution is -2.30. The van der Waals surface area contributed by atoms with Crippen LogP contribution in [0, 0.1) is 6.92 Å². The minimum atomic E-state index is -0.498. The first kappa shape index (κ1) is 31.1. The van der Waals surface area contributed by atoms with E-state index in [0.717, 1.165) is 16.1 Å². The molecule has 1 atom stereocenters. The molecule has 4 rings (SSSR count). The number of para-hydroxylation sites is 2. The number of hydrogen-bond acceptors (Lipinski definition) is 5. The van der Waals surface area contributed by atoms with E-state index in [-0.39, 0.29) is 16.9 Å². The Morgan fingerprint density at radius 3 is 2.30 bits per heavy atom. The smallest absolute Gasteiger partial charge is 0.272 e. The van der Waals surface area contributed by atoms with Crippen molar-refractivity contribution in [2.45, 2.75) is 37.3 Å². The number of rotatable bonds is 12. The van der Waals surface area contributed by atoms with E-state index in [1.165, 1.54) is 11.8 Å². The van der Waals surface area contributed by atoms with E-state index in [0.29, 0.717) is 35.6 Å². The number of nitrogens with one attached hydrogen (secondary N) is 3. The van der Waals surface area contributed by atoms with Gasteiger partial charge in [-0.2, -0.15) is 0 Å². The van der Waals surface area contributed by atoms with Crippen LogP contribution in [0.15, 0.2) is 114 Å². The Morgan fingerprint density at radius 1 is 0.837 bits per heavy atom. The second-order valence-corrected chi connectivity index (χ2v) is 10.9. The van der Waals surface area contributed by atoms with Crippen LogP contribution < -0.4 is 20.7 Å². The predicted octanol–water partition coefficient (Wildman–Crippen LogP) is 7.31. The van der Waals surface area contributed by atoms with Gasteiger partial charge in [-0.05, 0) is 74.4 Å². The van der Waals surface area contributed by atoms with E-state index in [4.69, 9.17) is 4.74 Å². The Balaban J connectivity index is 1.54. The fourth-order valence-corrected chi connectivity index (χ4v) is 5.26. The predicted molar refractivity (Wildman–Crippen MR) is 174 cm³/mol. The molecule has 0 aliphatic heterocycles. The normalized spacial score (nSPS) is 11.7. The van der Waals surface area contributed by atoms with Gasteiger partial charge < -0.3 is 20.7 Å². The van der Waals surface area contributed by atoms with Crippen LogP contribution in [0.2, 0.25) is 0 Å². The Kier molecular flexibility index (Phi) is 11.2. The third-order valence-corrected chi connectivity index (χ3v) is 7.84. The molecule has 1 unspecified atom stereocenters. The minimum Gasteiger partial charge on any atom is -0.493 e. The molecule has 0 aromatic heterocycles. The summed E-state index contributed by atoms with van der Waals surface area (Å²) in [5, 5.41) is 8.36. The number of anilines is 2. The van der Waals surface area contributed by atoms with Gasteiger partial charge in [0.05, 0.1) is 11.9 Å². The van der Waals surface area contributed by atoms with Crippen molar-refractivity contribution in [2.24, 2.45) is 0 Å². The van der Waals surface area contributed by atoms with Crippen LogP contribution in [0.3, 0.4) is 0 Å². The van der Waals surface area contributed by atoms with Crippen LogP contribution in [0.4, 0.5) is 11.4 Å². The van der Waals surface area contributed by atoms with Gasteiger partial charge in [0.2, 0.25) is 5.91 Å². The molecule has 0 radical (unpaired) electrons. The molecule has 43 heavy (non-hydrogen) atoms. The SMILES string of the molecule is CCOc1ccccc1/C=C(/NC(=O)c1ccccc1)C(=O)Nc1cccc(SC(CC)C(=O)Nc2ccccc2C)c1. The number of amides is 3. The van der Waals surface area contributed by atoms with Crippen molar-refractivity contribution in [3.8, 4) is 5.75 Å². The Morgan fingerprint density at radius 2 is 1.56 bits per heavy atom. The lowest BCUT2D eigenvalue weighted by atomic mass is 10.1. The summed E-state index contributed by atoms with van der Waals surface area (Å²) in [7, 11) is 0. The zero-order chi connectivity index (χ0) is 30.6. The van der Waals surface area contributed by atoms with Crippen molar-refractivity contribution < 1.29 is 19.1 Å². The summed E-state index contributed by atoms with van der Waals surface area (Å²) < 4.78 is 5.73. The summed E-state index contributed by atoms with van der Waals surface area (Å²) in [6.07, 6.45) is 2.22. The number of carbonyl (C=O) groups excluding carboxylic acids is 3. The maximum atomic E-state index is 13.6. The van der Waals surface area contributed by atoms with Crippen LogP contribution in [-0.4, -0.2) is 29.6 Å². The lowest BCUT2D eigenvalue weighted by Gasteiger charge is -2.17. The highest BCUT2D eigenvalue weighted by molar-refractivity contribution is 8.00. The van der Waals surface area contributed by atoms with E-state index in [9.17, 15) is 14.4 Å². The third kappa shape index (κ3) is 8.83. The van der Waals surface area contributed by atoms with Gasteiger partial charge in [-0.1, -0.05) is 67.6 Å². The second kappa shape index (κ2) is 15.4. The Bertz CT molecular complexity index is 1600. The molecule has 0 heterocycles. The fourth-order valence-electron chi connectivity index (χ4n) is 4.24. The topological polar surface area (TPSA) is 96.5 Å². The molecule has 4 aromatic rings. The van der Waals surface area contributed by atoms with E-state index in [1.807, 2.05) is 93.6 Å². The molecular formula is C35H35N3O4S. The van der Waals surface area contributed by atoms with Gasteiger partial charge in [0.1, 0.15) is 11.4 Å². The largest absolute Gasteiger partial charge is 0.493 e. The van der Waals surface area contributed by atoms with Crippen LogP contribution >= 0.6 is 11.8 Å². The zero-order valence-electron chi connectivity index (χ0n) is 24.4. The molecule has 0 spiro atoms. The van der Waals surface area contributed by atoms with Crippen molar-refractivity contribution in [1.29, 1.82) is 0 Å². The molecule has 220 valence electrons. The number of ether oxygens (including phenoxy) is 1. The monoisotopic (exact) mass is 593 g/mol. The lowest BCUT2D eigenvalue weighted by molar-refractivity contribution is -0.116. The van der Waals surface area contributed by atoms with Crippen molar-refractivity contribution in [1.82, 2.24) is 5.32 Å². The number of aryl methyl sites for hydroxylation is 1. The molecule has 4 aromatic carbocycles. The molecule has 7 nitrogen and oxygen atoms in total. The number of hydrogen-bond donors (Lipinski definition) is 3. The number of benzene rings is 4. The van der Waals surface area contributed by atoms with Crippen molar-refractivity contribution in [3.05, 3.63) is 126 Å². The van der Waals surface area contributed by atoms with Gasteiger partial charge in [-0.15, -0.1) is 11.8 Å². The maximum Gasteiger partial charge on any atom is 0.272 e. The van der Waals surface area contributed by atoms with Crippen LogP contribution in [-0.2, 0) is 9.59 Å². The Hall–Kier alpha value is -4.82. The number of carbonyl (C=O) groups is 3. The zero-order valence-corrected chi connectivity index (χ0v) is 25.2. The van der Waals surface area contributed by atoms with E-state index < -0.39 is 11.8 Å². The molecule has 8 heteroatoms. The van der Waals surface area contributed by atoms with Gasteiger partial charge in [-0.25, -0.2) is 0 Å². The summed E-state index contributed by atoms with van der Waals surface area (Å²) in [5.74, 6) is -0.400. The van der Waals surface area contributed by atoms with Crippen LogP contribution in [0.1, 0.15) is 41.8 Å².